The summed E-state index contributed by atoms with van der Waals surface area (Å²) in [4.78, 5) is 3.16. The third kappa shape index (κ3) is 1.47. The second-order valence-corrected chi connectivity index (χ2v) is 4.55. The highest BCUT2D eigenvalue weighted by Gasteiger charge is 2.03. The van der Waals surface area contributed by atoms with Gasteiger partial charge in [0, 0.05) is 0 Å². The topological polar surface area (TPSA) is 25.0 Å². The molecule has 0 atom stereocenters. The molecule has 0 saturated carbocycles. The predicted molar refractivity (Wildman–Crippen MR) is 58.3 cm³/mol. The van der Waals surface area contributed by atoms with Gasteiger partial charge in [-0.1, -0.05) is 0 Å². The molecule has 0 fully saturated rings. The average Bonchev–Trinajstić information content (AvgIpc) is 2.46. The van der Waals surface area contributed by atoms with Crippen LogP contribution in [0.1, 0.15) is 5.56 Å². The van der Waals surface area contributed by atoms with Crippen LogP contribution in [0.15, 0.2) is 12.1 Å². The molecule has 4 heteroatoms. The van der Waals surface area contributed by atoms with Gasteiger partial charge in [-0.2, -0.15) is 0 Å². The first-order valence-corrected chi connectivity index (χ1v) is 5.10. The SMILES string of the molecule is COc1cc(C)c2[nH]c(=S)sc2c1. The Morgan fingerprint density at radius 2 is 2.23 bits per heavy atom. The lowest BCUT2D eigenvalue weighted by Gasteiger charge is -2.01. The van der Waals surface area contributed by atoms with Gasteiger partial charge in [0.25, 0.3) is 0 Å². The minimum Gasteiger partial charge on any atom is -0.497 e. The van der Waals surface area contributed by atoms with Gasteiger partial charge in [-0.05, 0) is 36.8 Å². The number of ether oxygens (including phenoxy) is 1. The van der Waals surface area contributed by atoms with Gasteiger partial charge in [-0.15, -0.1) is 11.3 Å². The Balaban J connectivity index is 2.83. The van der Waals surface area contributed by atoms with Gasteiger partial charge in [-0.3, -0.25) is 0 Å². The van der Waals surface area contributed by atoms with E-state index < -0.39 is 0 Å². The Kier molecular flexibility index (Phi) is 2.09. The van der Waals surface area contributed by atoms with Crippen molar-refractivity contribution in [3.05, 3.63) is 21.7 Å². The standard InChI is InChI=1S/C9H9NOS2/c1-5-3-6(11-2)4-7-8(5)10-9(12)13-7/h3-4H,1-2H3,(H,10,12). The molecule has 0 spiro atoms. The summed E-state index contributed by atoms with van der Waals surface area (Å²) in [5, 5.41) is 0. The average molecular weight is 211 g/mol. The first-order valence-electron chi connectivity index (χ1n) is 3.88. The normalized spacial score (nSPS) is 10.6. The molecule has 0 aliphatic carbocycles. The Hall–Kier alpha value is -0.870. The van der Waals surface area contributed by atoms with Crippen LogP contribution in [0.2, 0.25) is 0 Å². The molecule has 1 heterocycles. The van der Waals surface area contributed by atoms with E-state index in [1.807, 2.05) is 19.1 Å². The Labute approximate surface area is 85.2 Å². The third-order valence-corrected chi connectivity index (χ3v) is 3.12. The van der Waals surface area contributed by atoms with E-state index in [2.05, 4.69) is 4.98 Å². The molecule has 0 amide bonds. The number of methoxy groups -OCH3 is 1. The van der Waals surface area contributed by atoms with Crippen molar-refractivity contribution < 1.29 is 4.74 Å². The number of hydrogen-bond donors (Lipinski definition) is 1. The zero-order valence-electron chi connectivity index (χ0n) is 7.38. The molecular weight excluding hydrogens is 202 g/mol. The lowest BCUT2D eigenvalue weighted by atomic mass is 10.2. The Morgan fingerprint density at radius 3 is 2.92 bits per heavy atom. The number of rotatable bonds is 1. The van der Waals surface area contributed by atoms with E-state index in [0.717, 1.165) is 19.9 Å². The molecule has 1 N–H and O–H groups in total. The van der Waals surface area contributed by atoms with Crippen LogP contribution in [-0.2, 0) is 0 Å². The molecule has 0 saturated heterocycles. The lowest BCUT2D eigenvalue weighted by molar-refractivity contribution is 0.415. The van der Waals surface area contributed by atoms with E-state index in [4.69, 9.17) is 17.0 Å². The van der Waals surface area contributed by atoms with Gasteiger partial charge in [-0.25, -0.2) is 0 Å². The molecule has 13 heavy (non-hydrogen) atoms. The van der Waals surface area contributed by atoms with Crippen molar-refractivity contribution in [2.75, 3.05) is 7.11 Å². The molecule has 0 unspecified atom stereocenters. The van der Waals surface area contributed by atoms with Crippen molar-refractivity contribution >= 4 is 33.8 Å². The van der Waals surface area contributed by atoms with Gasteiger partial charge in [0.15, 0.2) is 3.95 Å². The molecular formula is C9H9NOS2. The van der Waals surface area contributed by atoms with Gasteiger partial charge >= 0.3 is 0 Å². The maximum absolute atomic E-state index is 5.17. The summed E-state index contributed by atoms with van der Waals surface area (Å²) in [6.45, 7) is 2.04. The van der Waals surface area contributed by atoms with Crippen LogP contribution in [0.3, 0.4) is 0 Å². The molecule has 1 aromatic carbocycles. The summed E-state index contributed by atoms with van der Waals surface area (Å²) < 4.78 is 7.14. The summed E-state index contributed by atoms with van der Waals surface area (Å²) in [6.07, 6.45) is 0. The van der Waals surface area contributed by atoms with Gasteiger partial charge < -0.3 is 9.72 Å². The molecule has 68 valence electrons. The summed E-state index contributed by atoms with van der Waals surface area (Å²) >= 11 is 6.65. The Morgan fingerprint density at radius 1 is 1.46 bits per heavy atom. The van der Waals surface area contributed by atoms with Gasteiger partial charge in [0.2, 0.25) is 0 Å². The molecule has 2 aromatic rings. The predicted octanol–water partition coefficient (Wildman–Crippen LogP) is 3.28. The van der Waals surface area contributed by atoms with Crippen molar-refractivity contribution in [1.29, 1.82) is 0 Å². The first kappa shape index (κ1) is 8.72. The van der Waals surface area contributed by atoms with E-state index in [0.29, 0.717) is 0 Å². The van der Waals surface area contributed by atoms with Gasteiger partial charge in [0.05, 0.1) is 17.3 Å². The fourth-order valence-electron chi connectivity index (χ4n) is 1.31. The molecule has 2 rings (SSSR count). The van der Waals surface area contributed by atoms with E-state index in [1.54, 1.807) is 18.4 Å². The van der Waals surface area contributed by atoms with Crippen LogP contribution in [-0.4, -0.2) is 12.1 Å². The zero-order valence-corrected chi connectivity index (χ0v) is 9.01. The number of aromatic nitrogens is 1. The van der Waals surface area contributed by atoms with Crippen LogP contribution < -0.4 is 4.74 Å². The van der Waals surface area contributed by atoms with Crippen molar-refractivity contribution in [2.24, 2.45) is 0 Å². The lowest BCUT2D eigenvalue weighted by Crippen LogP contribution is -1.83. The monoisotopic (exact) mass is 211 g/mol. The summed E-state index contributed by atoms with van der Waals surface area (Å²) in [7, 11) is 1.67. The van der Waals surface area contributed by atoms with E-state index in [1.165, 1.54) is 5.56 Å². The smallest absolute Gasteiger partial charge is 0.159 e. The molecule has 0 radical (unpaired) electrons. The fourth-order valence-corrected chi connectivity index (χ4v) is 2.52. The number of benzene rings is 1. The minimum absolute atomic E-state index is 0.811. The fraction of sp³-hybridized carbons (Fsp3) is 0.222. The van der Waals surface area contributed by atoms with E-state index in [9.17, 15) is 0 Å². The zero-order chi connectivity index (χ0) is 9.42. The largest absolute Gasteiger partial charge is 0.497 e. The molecule has 0 aliphatic rings. The van der Waals surface area contributed by atoms with Crippen molar-refractivity contribution in [1.82, 2.24) is 4.98 Å². The van der Waals surface area contributed by atoms with Crippen molar-refractivity contribution in [3.8, 4) is 5.75 Å². The van der Waals surface area contributed by atoms with Crippen molar-refractivity contribution in [3.63, 3.8) is 0 Å². The van der Waals surface area contributed by atoms with Crippen LogP contribution in [0.5, 0.6) is 5.75 Å². The molecule has 0 bridgehead atoms. The van der Waals surface area contributed by atoms with Crippen LogP contribution in [0.4, 0.5) is 0 Å². The summed E-state index contributed by atoms with van der Waals surface area (Å²) in [6, 6.07) is 4.00. The number of aryl methyl sites for hydroxylation is 1. The minimum atomic E-state index is 0.811. The van der Waals surface area contributed by atoms with E-state index in [-0.39, 0.29) is 0 Å². The summed E-state index contributed by atoms with van der Waals surface area (Å²) in [5.74, 6) is 0.884. The number of nitrogens with one attached hydrogen (secondary N) is 1. The Bertz CT molecular complexity index is 498. The number of H-pyrrole nitrogens is 1. The van der Waals surface area contributed by atoms with Crippen LogP contribution in [0, 0.1) is 10.9 Å². The van der Waals surface area contributed by atoms with Crippen LogP contribution in [0.25, 0.3) is 10.2 Å². The number of thiazole rings is 1. The highest BCUT2D eigenvalue weighted by atomic mass is 32.1. The number of fused-ring (bicyclic) bond motifs is 1. The van der Waals surface area contributed by atoms with Crippen LogP contribution >= 0.6 is 23.6 Å². The highest BCUT2D eigenvalue weighted by Crippen LogP contribution is 2.27. The highest BCUT2D eigenvalue weighted by molar-refractivity contribution is 7.73. The summed E-state index contributed by atoms with van der Waals surface area (Å²) in [5.41, 5.74) is 2.29. The second kappa shape index (κ2) is 3.12. The van der Waals surface area contributed by atoms with Crippen molar-refractivity contribution in [2.45, 2.75) is 6.92 Å². The van der Waals surface area contributed by atoms with E-state index >= 15 is 0 Å². The first-order chi connectivity index (χ1) is 6.20. The number of aromatic amines is 1. The quantitative estimate of drug-likeness (QED) is 0.732. The number of hydrogen-bond acceptors (Lipinski definition) is 3. The second-order valence-electron chi connectivity index (χ2n) is 2.83. The molecule has 2 nitrogen and oxygen atoms in total. The molecule has 0 aliphatic heterocycles. The van der Waals surface area contributed by atoms with Gasteiger partial charge in [0.1, 0.15) is 5.75 Å². The maximum atomic E-state index is 5.17. The molecule has 1 aromatic heterocycles. The maximum Gasteiger partial charge on any atom is 0.159 e. The third-order valence-electron chi connectivity index (χ3n) is 1.94.